The number of methoxy groups -OCH3 is 2. The van der Waals surface area contributed by atoms with Gasteiger partial charge in [0, 0.05) is 25.0 Å². The number of ether oxygens (including phenoxy) is 6. The molecule has 8 nitrogen and oxygen atoms in total. The summed E-state index contributed by atoms with van der Waals surface area (Å²) < 4.78 is 33.1. The molecule has 0 aliphatic carbocycles. The van der Waals surface area contributed by atoms with Crippen molar-refractivity contribution in [1.82, 2.24) is 0 Å². The van der Waals surface area contributed by atoms with Gasteiger partial charge in [-0.1, -0.05) is 24.3 Å². The number of hydrogen-bond donors (Lipinski definition) is 0. The molecular weight excluding hydrogens is 404 g/mol. The zero-order valence-corrected chi connectivity index (χ0v) is 18.2. The van der Waals surface area contributed by atoms with E-state index < -0.39 is 24.3 Å². The quantitative estimate of drug-likeness (QED) is 0.486. The SMILES string of the molecule is COc1cc(C)c(C(OC(C)=O)c2ccc(C3OCCO3)cc2)c(OC(C)=O)c1OC. The molecule has 0 bridgehead atoms. The van der Waals surface area contributed by atoms with Crippen molar-refractivity contribution < 1.29 is 38.0 Å². The summed E-state index contributed by atoms with van der Waals surface area (Å²) in [4.78, 5) is 23.8. The Labute approximate surface area is 181 Å². The van der Waals surface area contributed by atoms with Crippen molar-refractivity contribution in [2.75, 3.05) is 27.4 Å². The van der Waals surface area contributed by atoms with Crippen molar-refractivity contribution in [3.8, 4) is 17.2 Å². The molecule has 2 aromatic carbocycles. The van der Waals surface area contributed by atoms with Crippen molar-refractivity contribution in [2.24, 2.45) is 0 Å². The predicted octanol–water partition coefficient (Wildman–Crippen LogP) is 3.64. The third kappa shape index (κ3) is 4.98. The van der Waals surface area contributed by atoms with Gasteiger partial charge in [-0.2, -0.15) is 0 Å². The van der Waals surface area contributed by atoms with E-state index in [0.717, 1.165) is 5.56 Å². The van der Waals surface area contributed by atoms with Gasteiger partial charge in [-0.3, -0.25) is 9.59 Å². The number of esters is 2. The highest BCUT2D eigenvalue weighted by molar-refractivity contribution is 5.74. The van der Waals surface area contributed by atoms with Gasteiger partial charge >= 0.3 is 11.9 Å². The first kappa shape index (κ1) is 22.6. The van der Waals surface area contributed by atoms with E-state index in [0.29, 0.717) is 35.7 Å². The average Bonchev–Trinajstić information content (AvgIpc) is 3.27. The molecule has 0 saturated carbocycles. The van der Waals surface area contributed by atoms with Crippen LogP contribution in [0.2, 0.25) is 0 Å². The fourth-order valence-electron chi connectivity index (χ4n) is 3.51. The zero-order chi connectivity index (χ0) is 22.5. The molecule has 3 rings (SSSR count). The molecule has 1 aliphatic heterocycles. The highest BCUT2D eigenvalue weighted by Gasteiger charge is 2.30. The van der Waals surface area contributed by atoms with Crippen LogP contribution in [0.3, 0.4) is 0 Å². The fraction of sp³-hybridized carbons (Fsp3) is 0.391. The van der Waals surface area contributed by atoms with E-state index in [4.69, 9.17) is 28.4 Å². The van der Waals surface area contributed by atoms with E-state index in [1.807, 2.05) is 31.2 Å². The van der Waals surface area contributed by atoms with Crippen LogP contribution in [0.4, 0.5) is 0 Å². The Kier molecular flexibility index (Phi) is 7.14. The Morgan fingerprint density at radius 2 is 1.61 bits per heavy atom. The van der Waals surface area contributed by atoms with Crippen molar-refractivity contribution in [3.63, 3.8) is 0 Å². The summed E-state index contributed by atoms with van der Waals surface area (Å²) in [7, 11) is 2.94. The average molecular weight is 430 g/mol. The van der Waals surface area contributed by atoms with E-state index in [1.54, 1.807) is 6.07 Å². The van der Waals surface area contributed by atoms with Crippen LogP contribution in [0.15, 0.2) is 30.3 Å². The molecule has 8 heteroatoms. The van der Waals surface area contributed by atoms with Gasteiger partial charge in [-0.25, -0.2) is 0 Å². The minimum atomic E-state index is -0.842. The van der Waals surface area contributed by atoms with Crippen molar-refractivity contribution in [1.29, 1.82) is 0 Å². The van der Waals surface area contributed by atoms with Gasteiger partial charge in [0.05, 0.1) is 27.4 Å². The van der Waals surface area contributed by atoms with Crippen molar-refractivity contribution in [2.45, 2.75) is 33.2 Å². The largest absolute Gasteiger partial charge is 0.493 e. The van der Waals surface area contributed by atoms with E-state index in [-0.39, 0.29) is 11.5 Å². The number of aryl methyl sites for hydroxylation is 1. The summed E-state index contributed by atoms with van der Waals surface area (Å²) >= 11 is 0. The van der Waals surface area contributed by atoms with Crippen molar-refractivity contribution >= 4 is 11.9 Å². The number of benzene rings is 2. The molecule has 0 spiro atoms. The van der Waals surface area contributed by atoms with Crippen LogP contribution in [-0.2, 0) is 23.8 Å². The standard InChI is InChI=1S/C23H26O8/c1-13-12-18(26-4)21(27-5)22(31-15(3)25)19(13)20(30-14(2)24)16-6-8-17(9-7-16)23-28-10-11-29-23/h6-9,12,20,23H,10-11H2,1-5H3. The summed E-state index contributed by atoms with van der Waals surface area (Å²) in [5.74, 6) is -0.254. The number of carbonyl (C=O) groups is 2. The Balaban J connectivity index is 2.13. The minimum absolute atomic E-state index is 0.143. The molecule has 2 aromatic rings. The van der Waals surface area contributed by atoms with Gasteiger partial charge in [0.2, 0.25) is 5.75 Å². The van der Waals surface area contributed by atoms with E-state index in [2.05, 4.69) is 0 Å². The van der Waals surface area contributed by atoms with Crippen LogP contribution in [0, 0.1) is 6.92 Å². The van der Waals surface area contributed by atoms with E-state index in [9.17, 15) is 9.59 Å². The molecule has 0 aromatic heterocycles. The number of carbonyl (C=O) groups excluding carboxylic acids is 2. The van der Waals surface area contributed by atoms with Crippen LogP contribution in [0.1, 0.15) is 48.5 Å². The van der Waals surface area contributed by atoms with Gasteiger partial charge in [0.25, 0.3) is 0 Å². The smallest absolute Gasteiger partial charge is 0.308 e. The second kappa shape index (κ2) is 9.80. The summed E-state index contributed by atoms with van der Waals surface area (Å²) in [5, 5.41) is 0. The first-order valence-electron chi connectivity index (χ1n) is 9.79. The van der Waals surface area contributed by atoms with Gasteiger partial charge in [-0.05, 0) is 24.1 Å². The van der Waals surface area contributed by atoms with Gasteiger partial charge < -0.3 is 28.4 Å². The van der Waals surface area contributed by atoms with Gasteiger partial charge in [-0.15, -0.1) is 0 Å². The Morgan fingerprint density at radius 3 is 2.13 bits per heavy atom. The molecule has 31 heavy (non-hydrogen) atoms. The number of rotatable bonds is 7. The normalized spacial score (nSPS) is 14.7. The van der Waals surface area contributed by atoms with E-state index in [1.165, 1.54) is 28.1 Å². The number of hydrogen-bond acceptors (Lipinski definition) is 8. The second-order valence-electron chi connectivity index (χ2n) is 7.00. The highest BCUT2D eigenvalue weighted by atomic mass is 16.7. The molecular formula is C23H26O8. The predicted molar refractivity (Wildman–Crippen MR) is 110 cm³/mol. The summed E-state index contributed by atoms with van der Waals surface area (Å²) in [5.41, 5.74) is 2.73. The van der Waals surface area contributed by atoms with E-state index >= 15 is 0 Å². The molecule has 0 N–H and O–H groups in total. The highest BCUT2D eigenvalue weighted by Crippen LogP contribution is 2.47. The summed E-state index contributed by atoms with van der Waals surface area (Å²) in [6.07, 6.45) is -1.26. The lowest BCUT2D eigenvalue weighted by atomic mass is 9.94. The van der Waals surface area contributed by atoms with Gasteiger partial charge in [0.1, 0.15) is 0 Å². The maximum atomic E-state index is 12.0. The van der Waals surface area contributed by atoms with Crippen LogP contribution < -0.4 is 14.2 Å². The lowest BCUT2D eigenvalue weighted by Crippen LogP contribution is -2.16. The monoisotopic (exact) mass is 430 g/mol. The molecule has 1 aliphatic rings. The zero-order valence-electron chi connectivity index (χ0n) is 18.2. The van der Waals surface area contributed by atoms with Crippen molar-refractivity contribution in [3.05, 3.63) is 52.6 Å². The van der Waals surface area contributed by atoms with Crippen LogP contribution >= 0.6 is 0 Å². The lowest BCUT2D eigenvalue weighted by Gasteiger charge is -2.25. The molecule has 166 valence electrons. The van der Waals surface area contributed by atoms with Gasteiger partial charge in [0.15, 0.2) is 23.9 Å². The molecule has 1 fully saturated rings. The molecule has 0 radical (unpaired) electrons. The first-order chi connectivity index (χ1) is 14.8. The Morgan fingerprint density at radius 1 is 0.968 bits per heavy atom. The topological polar surface area (TPSA) is 89.5 Å². The van der Waals surface area contributed by atoms with Crippen LogP contribution in [-0.4, -0.2) is 39.4 Å². The molecule has 1 unspecified atom stereocenters. The first-order valence-corrected chi connectivity index (χ1v) is 9.79. The Hall–Kier alpha value is -3.10. The molecule has 1 atom stereocenters. The lowest BCUT2D eigenvalue weighted by molar-refractivity contribution is -0.144. The molecule has 1 heterocycles. The fourth-order valence-corrected chi connectivity index (χ4v) is 3.51. The maximum Gasteiger partial charge on any atom is 0.308 e. The molecule has 0 amide bonds. The summed E-state index contributed by atoms with van der Waals surface area (Å²) in [6.45, 7) is 5.51. The minimum Gasteiger partial charge on any atom is -0.493 e. The maximum absolute atomic E-state index is 12.0. The second-order valence-corrected chi connectivity index (χ2v) is 7.00. The van der Waals surface area contributed by atoms with Crippen LogP contribution in [0.5, 0.6) is 17.2 Å². The van der Waals surface area contributed by atoms with Crippen LogP contribution in [0.25, 0.3) is 0 Å². The third-order valence-electron chi connectivity index (χ3n) is 4.80. The molecule has 1 saturated heterocycles. The summed E-state index contributed by atoms with van der Waals surface area (Å²) in [6, 6.07) is 9.09. The third-order valence-corrected chi connectivity index (χ3v) is 4.80. The Bertz CT molecular complexity index is 945.